The third-order valence-corrected chi connectivity index (χ3v) is 5.35. The van der Waals surface area contributed by atoms with E-state index in [0.29, 0.717) is 54.8 Å². The molecule has 0 radical (unpaired) electrons. The van der Waals surface area contributed by atoms with Crippen LogP contribution in [0.3, 0.4) is 0 Å². The van der Waals surface area contributed by atoms with Gasteiger partial charge in [0.2, 0.25) is 5.95 Å². The maximum absolute atomic E-state index is 14.8. The Morgan fingerprint density at radius 2 is 1.78 bits per heavy atom. The molecule has 3 heterocycles. The molecule has 1 N–H and O–H groups in total. The number of nitrogens with zero attached hydrogens (tertiary/aromatic N) is 3. The van der Waals surface area contributed by atoms with Crippen LogP contribution in [0.2, 0.25) is 0 Å². The highest BCUT2D eigenvalue weighted by Crippen LogP contribution is 2.39. The van der Waals surface area contributed by atoms with E-state index < -0.39 is 11.6 Å². The van der Waals surface area contributed by atoms with Crippen LogP contribution in [0, 0.1) is 11.6 Å². The second-order valence-electron chi connectivity index (χ2n) is 7.82. The molecule has 0 saturated carbocycles. The molecule has 9 heteroatoms. The highest BCUT2D eigenvalue weighted by atomic mass is 19.1. The molecule has 0 amide bonds. The topological polar surface area (TPSA) is 68.7 Å². The third kappa shape index (κ3) is 3.74. The summed E-state index contributed by atoms with van der Waals surface area (Å²) in [7, 11) is 0. The minimum Gasteiger partial charge on any atom is -0.486 e. The molecule has 0 bridgehead atoms. The second-order valence-corrected chi connectivity index (χ2v) is 7.82. The van der Waals surface area contributed by atoms with Crippen molar-refractivity contribution in [1.82, 2.24) is 9.97 Å². The zero-order valence-electron chi connectivity index (χ0n) is 17.7. The molecule has 2 aliphatic heterocycles. The van der Waals surface area contributed by atoms with Gasteiger partial charge in [0.1, 0.15) is 25.5 Å². The molecule has 3 aromatic rings. The van der Waals surface area contributed by atoms with Crippen molar-refractivity contribution in [3.63, 3.8) is 0 Å². The van der Waals surface area contributed by atoms with Gasteiger partial charge >= 0.3 is 0 Å². The van der Waals surface area contributed by atoms with Crippen molar-refractivity contribution >= 4 is 17.3 Å². The Balaban J connectivity index is 1.49. The number of hydrogen-bond acceptors (Lipinski definition) is 7. The molecule has 0 fully saturated rings. The molecular weight excluding hydrogens is 418 g/mol. The fraction of sp³-hybridized carbons (Fsp3) is 0.304. The van der Waals surface area contributed by atoms with Crippen LogP contribution >= 0.6 is 0 Å². The van der Waals surface area contributed by atoms with E-state index in [2.05, 4.69) is 15.3 Å². The number of rotatable bonds is 4. The van der Waals surface area contributed by atoms with E-state index in [0.717, 1.165) is 6.20 Å². The Kier molecular flexibility index (Phi) is 5.16. The first-order valence-electron chi connectivity index (χ1n) is 10.4. The first-order chi connectivity index (χ1) is 15.5. The molecule has 7 nitrogen and oxygen atoms in total. The van der Waals surface area contributed by atoms with Crippen molar-refractivity contribution in [3.05, 3.63) is 48.2 Å². The lowest BCUT2D eigenvalue weighted by Gasteiger charge is -2.34. The molecule has 2 aromatic carbocycles. The first kappa shape index (κ1) is 20.3. The highest BCUT2D eigenvalue weighted by molar-refractivity contribution is 5.73. The Hall–Kier alpha value is -3.62. The lowest BCUT2D eigenvalue weighted by molar-refractivity contribution is 0.171. The number of halogens is 2. The molecule has 0 spiro atoms. The standard InChI is InChI=1S/C23H22F2N4O3/c1-13(2)29-5-6-32-22-16(24)9-14(10-18(22)29)21-17(25)12-26-23(28-21)27-15-3-4-19-20(11-15)31-8-7-30-19/h3-4,9-13H,5-8H2,1-2H3,(H,26,27,28). The van der Waals surface area contributed by atoms with E-state index >= 15 is 0 Å². The lowest BCUT2D eigenvalue weighted by Crippen LogP contribution is -2.38. The molecule has 1 aromatic heterocycles. The predicted octanol–water partition coefficient (Wildman–Crippen LogP) is 4.54. The summed E-state index contributed by atoms with van der Waals surface area (Å²) in [5.41, 5.74) is 1.54. The summed E-state index contributed by atoms with van der Waals surface area (Å²) in [6.45, 7) is 6.01. The van der Waals surface area contributed by atoms with Gasteiger partial charge in [-0.05, 0) is 38.1 Å². The quantitative estimate of drug-likeness (QED) is 0.639. The maximum Gasteiger partial charge on any atom is 0.227 e. The van der Waals surface area contributed by atoms with Gasteiger partial charge in [-0.3, -0.25) is 0 Å². The zero-order valence-corrected chi connectivity index (χ0v) is 17.7. The van der Waals surface area contributed by atoms with Gasteiger partial charge in [-0.25, -0.2) is 18.7 Å². The molecule has 0 saturated heterocycles. The van der Waals surface area contributed by atoms with Gasteiger partial charge < -0.3 is 24.4 Å². The van der Waals surface area contributed by atoms with E-state index in [1.165, 1.54) is 6.07 Å². The fourth-order valence-corrected chi connectivity index (χ4v) is 3.85. The maximum atomic E-state index is 14.8. The molecule has 166 valence electrons. The van der Waals surface area contributed by atoms with Gasteiger partial charge in [-0.1, -0.05) is 0 Å². The van der Waals surface area contributed by atoms with Crippen molar-refractivity contribution < 1.29 is 23.0 Å². The summed E-state index contributed by atoms with van der Waals surface area (Å²) < 4.78 is 46.1. The third-order valence-electron chi connectivity index (χ3n) is 5.35. The Labute approximate surface area is 184 Å². The largest absolute Gasteiger partial charge is 0.486 e. The van der Waals surface area contributed by atoms with Crippen LogP contribution in [-0.4, -0.2) is 42.4 Å². The highest BCUT2D eigenvalue weighted by Gasteiger charge is 2.25. The van der Waals surface area contributed by atoms with Crippen LogP contribution in [0.4, 0.5) is 26.1 Å². The SMILES string of the molecule is CC(C)N1CCOc2c(F)cc(-c3nc(Nc4ccc5c(c4)OCCO5)ncc3F)cc21. The molecule has 5 rings (SSSR count). The van der Waals surface area contributed by atoms with Gasteiger partial charge in [0.15, 0.2) is 28.9 Å². The smallest absolute Gasteiger partial charge is 0.227 e. The first-order valence-corrected chi connectivity index (χ1v) is 10.4. The summed E-state index contributed by atoms with van der Waals surface area (Å²) in [6.07, 6.45) is 1.07. The second kappa shape index (κ2) is 8.14. The van der Waals surface area contributed by atoms with Gasteiger partial charge in [0.25, 0.3) is 0 Å². The predicted molar refractivity (Wildman–Crippen MR) is 116 cm³/mol. The fourth-order valence-electron chi connectivity index (χ4n) is 3.85. The van der Waals surface area contributed by atoms with E-state index in [4.69, 9.17) is 14.2 Å². The normalized spacial score (nSPS) is 14.7. The lowest BCUT2D eigenvalue weighted by atomic mass is 10.1. The average Bonchev–Trinajstić information content (AvgIpc) is 2.79. The number of ether oxygens (including phenoxy) is 3. The molecule has 2 aliphatic rings. The van der Waals surface area contributed by atoms with Gasteiger partial charge in [0.05, 0.1) is 18.4 Å². The summed E-state index contributed by atoms with van der Waals surface area (Å²) in [6, 6.07) is 8.41. The molecule has 0 unspecified atom stereocenters. The van der Waals surface area contributed by atoms with Crippen LogP contribution in [0.1, 0.15) is 13.8 Å². The van der Waals surface area contributed by atoms with Crippen molar-refractivity contribution in [1.29, 1.82) is 0 Å². The van der Waals surface area contributed by atoms with Crippen LogP contribution < -0.4 is 24.4 Å². The van der Waals surface area contributed by atoms with E-state index in [1.54, 1.807) is 24.3 Å². The van der Waals surface area contributed by atoms with Crippen LogP contribution in [0.15, 0.2) is 36.5 Å². The van der Waals surface area contributed by atoms with Crippen LogP contribution in [-0.2, 0) is 0 Å². The average molecular weight is 440 g/mol. The molecular formula is C23H22F2N4O3. The zero-order chi connectivity index (χ0) is 22.2. The summed E-state index contributed by atoms with van der Waals surface area (Å²) in [4.78, 5) is 10.4. The number of aromatic nitrogens is 2. The van der Waals surface area contributed by atoms with Crippen LogP contribution in [0.25, 0.3) is 11.3 Å². The summed E-state index contributed by atoms with van der Waals surface area (Å²) in [5.74, 6) is 0.413. The number of hydrogen-bond donors (Lipinski definition) is 1. The number of benzene rings is 2. The number of anilines is 3. The van der Waals surface area contributed by atoms with E-state index in [-0.39, 0.29) is 23.4 Å². The van der Waals surface area contributed by atoms with Gasteiger partial charge in [0, 0.05) is 23.4 Å². The minimum atomic E-state index is -0.648. The summed E-state index contributed by atoms with van der Waals surface area (Å²) >= 11 is 0. The molecule has 32 heavy (non-hydrogen) atoms. The van der Waals surface area contributed by atoms with Crippen molar-refractivity contribution in [2.45, 2.75) is 19.9 Å². The van der Waals surface area contributed by atoms with Crippen molar-refractivity contribution in [3.8, 4) is 28.5 Å². The van der Waals surface area contributed by atoms with Crippen molar-refractivity contribution in [2.75, 3.05) is 36.6 Å². The molecule has 0 aliphatic carbocycles. The van der Waals surface area contributed by atoms with E-state index in [9.17, 15) is 8.78 Å². The van der Waals surface area contributed by atoms with Crippen molar-refractivity contribution in [2.24, 2.45) is 0 Å². The Morgan fingerprint density at radius 3 is 2.59 bits per heavy atom. The number of nitrogens with one attached hydrogen (secondary N) is 1. The Bertz CT molecular complexity index is 1170. The van der Waals surface area contributed by atoms with Gasteiger partial charge in [-0.2, -0.15) is 0 Å². The molecule has 0 atom stereocenters. The summed E-state index contributed by atoms with van der Waals surface area (Å²) in [5, 5.41) is 3.04. The van der Waals surface area contributed by atoms with Gasteiger partial charge in [-0.15, -0.1) is 0 Å². The minimum absolute atomic E-state index is 0.00368. The van der Waals surface area contributed by atoms with E-state index in [1.807, 2.05) is 18.7 Å². The monoisotopic (exact) mass is 440 g/mol. The van der Waals surface area contributed by atoms with Crippen LogP contribution in [0.5, 0.6) is 17.2 Å². The number of fused-ring (bicyclic) bond motifs is 2. The Morgan fingerprint density at radius 1 is 0.969 bits per heavy atom.